The van der Waals surface area contributed by atoms with Crippen LogP contribution in [0, 0.1) is 0 Å². The van der Waals surface area contributed by atoms with Gasteiger partial charge in [-0.05, 0) is 0 Å². The van der Waals surface area contributed by atoms with Crippen LogP contribution in [-0.2, 0) is 23.7 Å². The van der Waals surface area contributed by atoms with Crippen molar-refractivity contribution in [2.24, 2.45) is 0 Å². The number of aliphatic hydroxyl groups excluding tert-OH is 11. The first-order valence-corrected chi connectivity index (χ1v) is 10.4. The van der Waals surface area contributed by atoms with E-state index in [1.807, 2.05) is 0 Å². The number of ketones is 1. The summed E-state index contributed by atoms with van der Waals surface area (Å²) in [5.74, 6) is -1.20. The standard InChI is InChI=1S/C18H32O16/c19-1-5(23)9(25)15(6(24)2-20)33-18-14(30)16(11(27)8(4-22)32-18)34-17-13(29)12(28)10(26)7(3-21)31-17/h6-22,24-30H,1-4H2/t6-,7-,8-,9-,10-,11+,12+,13+,14-,15-,16+,17-,18+/m1/s1. The van der Waals surface area contributed by atoms with Gasteiger partial charge in [-0.1, -0.05) is 0 Å². The number of Topliss-reactive ketones (excluding diaryl/α,β-unsaturated/α-hetero) is 1. The molecule has 2 rings (SSSR count). The predicted octanol–water partition coefficient (Wildman–Crippen LogP) is -7.73. The van der Waals surface area contributed by atoms with Gasteiger partial charge in [-0.2, -0.15) is 0 Å². The van der Waals surface area contributed by atoms with Gasteiger partial charge in [-0.15, -0.1) is 0 Å². The van der Waals surface area contributed by atoms with Crippen molar-refractivity contribution < 1.29 is 79.9 Å². The second-order valence-corrected chi connectivity index (χ2v) is 7.92. The largest absolute Gasteiger partial charge is 0.394 e. The van der Waals surface area contributed by atoms with Crippen molar-refractivity contribution in [3.05, 3.63) is 0 Å². The molecule has 0 bridgehead atoms. The maximum atomic E-state index is 11.7. The van der Waals surface area contributed by atoms with Crippen LogP contribution in [0.15, 0.2) is 0 Å². The van der Waals surface area contributed by atoms with Gasteiger partial charge >= 0.3 is 0 Å². The number of hydrogen-bond donors (Lipinski definition) is 11. The van der Waals surface area contributed by atoms with Crippen molar-refractivity contribution in [2.45, 2.75) is 79.7 Å². The Morgan fingerprint density at radius 3 is 1.85 bits per heavy atom. The van der Waals surface area contributed by atoms with E-state index in [1.54, 1.807) is 0 Å². The minimum absolute atomic E-state index is 0.786. The zero-order chi connectivity index (χ0) is 25.7. The molecule has 0 unspecified atom stereocenters. The van der Waals surface area contributed by atoms with Crippen molar-refractivity contribution in [1.82, 2.24) is 0 Å². The summed E-state index contributed by atoms with van der Waals surface area (Å²) >= 11 is 0. The first-order chi connectivity index (χ1) is 16.0. The van der Waals surface area contributed by atoms with E-state index in [9.17, 15) is 55.9 Å². The van der Waals surface area contributed by atoms with E-state index < -0.39 is 112 Å². The van der Waals surface area contributed by atoms with Crippen LogP contribution < -0.4 is 0 Å². The molecule has 200 valence electrons. The molecule has 16 heteroatoms. The average molecular weight is 504 g/mol. The van der Waals surface area contributed by atoms with Crippen LogP contribution in [0.3, 0.4) is 0 Å². The van der Waals surface area contributed by atoms with Crippen molar-refractivity contribution in [1.29, 1.82) is 0 Å². The Morgan fingerprint density at radius 2 is 1.32 bits per heavy atom. The van der Waals surface area contributed by atoms with Crippen LogP contribution in [0.4, 0.5) is 0 Å². The average Bonchev–Trinajstić information content (AvgIpc) is 2.84. The van der Waals surface area contributed by atoms with E-state index in [-0.39, 0.29) is 0 Å². The van der Waals surface area contributed by atoms with E-state index in [1.165, 1.54) is 0 Å². The van der Waals surface area contributed by atoms with Crippen LogP contribution in [0.1, 0.15) is 0 Å². The summed E-state index contributed by atoms with van der Waals surface area (Å²) in [5, 5.41) is 108. The number of carbonyl (C=O) groups excluding carboxylic acids is 1. The smallest absolute Gasteiger partial charge is 0.189 e. The Kier molecular flexibility index (Phi) is 11.1. The molecule has 0 saturated carbocycles. The quantitative estimate of drug-likeness (QED) is 0.125. The number of ether oxygens (including phenoxy) is 4. The lowest BCUT2D eigenvalue weighted by Crippen LogP contribution is -2.65. The van der Waals surface area contributed by atoms with Gasteiger partial charge in [0.25, 0.3) is 0 Å². The summed E-state index contributed by atoms with van der Waals surface area (Å²) in [6, 6.07) is 0. The van der Waals surface area contributed by atoms with Crippen LogP contribution in [0.25, 0.3) is 0 Å². The summed E-state index contributed by atoms with van der Waals surface area (Å²) in [7, 11) is 0. The predicted molar refractivity (Wildman–Crippen MR) is 102 cm³/mol. The molecule has 0 spiro atoms. The Bertz CT molecular complexity index is 635. The van der Waals surface area contributed by atoms with Gasteiger partial charge in [0.15, 0.2) is 18.4 Å². The molecular weight excluding hydrogens is 472 g/mol. The van der Waals surface area contributed by atoms with Crippen molar-refractivity contribution >= 4 is 5.78 Å². The number of hydrogen-bond acceptors (Lipinski definition) is 16. The maximum Gasteiger partial charge on any atom is 0.189 e. The third-order valence-corrected chi connectivity index (χ3v) is 5.62. The molecule has 2 heterocycles. The molecule has 2 aliphatic heterocycles. The third kappa shape index (κ3) is 6.25. The van der Waals surface area contributed by atoms with Crippen molar-refractivity contribution in [3.63, 3.8) is 0 Å². The van der Waals surface area contributed by atoms with Gasteiger partial charge < -0.3 is 75.1 Å². The monoisotopic (exact) mass is 504 g/mol. The molecule has 16 nitrogen and oxygen atoms in total. The number of carbonyl (C=O) groups is 1. The SMILES string of the molecule is O=C(CO)[C@@H](O)[C@H](O[C@@H]1O[C@H](CO)[C@H](O)[C@H](O[C@H]2O[C@H](CO)[C@@H](O)[C@H](O)[C@@H]2O)[C@H]1O)[C@H](O)CO. The van der Waals surface area contributed by atoms with Crippen molar-refractivity contribution in [2.75, 3.05) is 26.4 Å². The molecule has 0 aromatic rings. The van der Waals surface area contributed by atoms with Crippen LogP contribution >= 0.6 is 0 Å². The minimum atomic E-state index is -2.17. The van der Waals surface area contributed by atoms with Gasteiger partial charge in [-0.25, -0.2) is 0 Å². The lowest BCUT2D eigenvalue weighted by Gasteiger charge is -2.46. The molecule has 0 amide bonds. The Balaban J connectivity index is 2.25. The fraction of sp³-hybridized carbons (Fsp3) is 0.944. The molecule has 34 heavy (non-hydrogen) atoms. The highest BCUT2D eigenvalue weighted by Crippen LogP contribution is 2.30. The first kappa shape index (κ1) is 29.3. The lowest BCUT2D eigenvalue weighted by molar-refractivity contribution is -0.367. The molecule has 11 N–H and O–H groups in total. The van der Waals surface area contributed by atoms with Crippen LogP contribution in [0.2, 0.25) is 0 Å². The maximum absolute atomic E-state index is 11.7. The molecule has 2 aliphatic rings. The molecular formula is C18H32O16. The molecule has 13 atom stereocenters. The molecule has 2 fully saturated rings. The Labute approximate surface area is 192 Å². The van der Waals surface area contributed by atoms with E-state index in [2.05, 4.69) is 0 Å². The fourth-order valence-corrected chi connectivity index (χ4v) is 3.57. The van der Waals surface area contributed by atoms with E-state index in [0.29, 0.717) is 0 Å². The summed E-state index contributed by atoms with van der Waals surface area (Å²) in [5.41, 5.74) is 0. The highest BCUT2D eigenvalue weighted by molar-refractivity contribution is 5.84. The highest BCUT2D eigenvalue weighted by Gasteiger charge is 2.52. The zero-order valence-electron chi connectivity index (χ0n) is 17.8. The summed E-state index contributed by atoms with van der Waals surface area (Å²) in [6.45, 7) is -3.81. The van der Waals surface area contributed by atoms with Gasteiger partial charge in [0.05, 0.1) is 19.8 Å². The van der Waals surface area contributed by atoms with Crippen LogP contribution in [0.5, 0.6) is 0 Å². The lowest BCUT2D eigenvalue weighted by atomic mass is 9.96. The fourth-order valence-electron chi connectivity index (χ4n) is 3.57. The second kappa shape index (κ2) is 12.9. The van der Waals surface area contributed by atoms with E-state index in [4.69, 9.17) is 24.1 Å². The second-order valence-electron chi connectivity index (χ2n) is 7.92. The zero-order valence-corrected chi connectivity index (χ0v) is 17.8. The Morgan fingerprint density at radius 1 is 0.765 bits per heavy atom. The van der Waals surface area contributed by atoms with Crippen LogP contribution in [-0.4, -0.2) is 168 Å². The van der Waals surface area contributed by atoms with Gasteiger partial charge in [-0.3, -0.25) is 4.79 Å². The molecule has 0 aromatic carbocycles. The molecule has 0 radical (unpaired) electrons. The molecule has 0 aromatic heterocycles. The van der Waals surface area contributed by atoms with Crippen molar-refractivity contribution in [3.8, 4) is 0 Å². The van der Waals surface area contributed by atoms with E-state index >= 15 is 0 Å². The molecule has 2 saturated heterocycles. The van der Waals surface area contributed by atoms with Gasteiger partial charge in [0.1, 0.15) is 73.8 Å². The van der Waals surface area contributed by atoms with Gasteiger partial charge in [0.2, 0.25) is 0 Å². The summed E-state index contributed by atoms with van der Waals surface area (Å²) in [6.07, 6.45) is -23.6. The number of aliphatic hydroxyl groups is 11. The first-order valence-electron chi connectivity index (χ1n) is 10.4. The van der Waals surface area contributed by atoms with E-state index in [0.717, 1.165) is 0 Å². The highest BCUT2D eigenvalue weighted by atomic mass is 16.7. The summed E-state index contributed by atoms with van der Waals surface area (Å²) in [4.78, 5) is 11.7. The normalized spacial score (nSPS) is 41.6. The minimum Gasteiger partial charge on any atom is -0.394 e. The number of rotatable bonds is 11. The third-order valence-electron chi connectivity index (χ3n) is 5.62. The molecule has 0 aliphatic carbocycles. The Hall–Kier alpha value is -0.930. The summed E-state index contributed by atoms with van der Waals surface area (Å²) < 4.78 is 21.0. The van der Waals surface area contributed by atoms with Gasteiger partial charge in [0, 0.05) is 0 Å². The topological polar surface area (TPSA) is 277 Å².